The fourth-order valence-corrected chi connectivity index (χ4v) is 3.92. The van der Waals surface area contributed by atoms with E-state index in [0.29, 0.717) is 26.4 Å². The van der Waals surface area contributed by atoms with Crippen molar-refractivity contribution < 1.29 is 13.9 Å². The van der Waals surface area contributed by atoms with Crippen LogP contribution in [0.3, 0.4) is 0 Å². The Bertz CT molecular complexity index is 1020. The number of anilines is 1. The standard InChI is InChI=1S/C21H15NO3S2/c1-14-7-10-18(24-14)13-19-20(23)22(21(26)27-19)15-8-11-17(12-9-15)25-16-5-3-2-4-6-16/h2-13H,1H3. The second kappa shape index (κ2) is 7.42. The second-order valence-corrected chi connectivity index (χ2v) is 7.55. The van der Waals surface area contributed by atoms with Crippen molar-refractivity contribution in [3.05, 3.63) is 83.2 Å². The molecule has 2 aromatic carbocycles. The molecule has 1 saturated heterocycles. The van der Waals surface area contributed by atoms with E-state index in [2.05, 4.69) is 0 Å². The van der Waals surface area contributed by atoms with E-state index in [1.54, 1.807) is 6.08 Å². The fourth-order valence-electron chi connectivity index (χ4n) is 2.64. The molecule has 4 nitrogen and oxygen atoms in total. The molecule has 1 fully saturated rings. The van der Waals surface area contributed by atoms with Crippen LogP contribution in [0.4, 0.5) is 5.69 Å². The number of furan rings is 1. The smallest absolute Gasteiger partial charge is 0.270 e. The summed E-state index contributed by atoms with van der Waals surface area (Å²) < 4.78 is 11.8. The summed E-state index contributed by atoms with van der Waals surface area (Å²) in [6, 6.07) is 20.5. The maximum absolute atomic E-state index is 12.8. The molecule has 134 valence electrons. The molecular weight excluding hydrogens is 378 g/mol. The number of thiocarbonyl (C=S) groups is 1. The van der Waals surface area contributed by atoms with Gasteiger partial charge < -0.3 is 9.15 Å². The lowest BCUT2D eigenvalue weighted by Crippen LogP contribution is -2.27. The first-order valence-electron chi connectivity index (χ1n) is 8.27. The van der Waals surface area contributed by atoms with Gasteiger partial charge in [0.1, 0.15) is 23.0 Å². The maximum Gasteiger partial charge on any atom is 0.270 e. The molecular formula is C21H15NO3S2. The Labute approximate surface area is 166 Å². The number of carbonyl (C=O) groups excluding carboxylic acids is 1. The van der Waals surface area contributed by atoms with Crippen LogP contribution in [0.5, 0.6) is 11.5 Å². The van der Waals surface area contributed by atoms with Gasteiger partial charge in [0.2, 0.25) is 0 Å². The zero-order chi connectivity index (χ0) is 18.8. The Morgan fingerprint density at radius 3 is 2.37 bits per heavy atom. The first-order valence-corrected chi connectivity index (χ1v) is 9.50. The number of nitrogens with zero attached hydrogens (tertiary/aromatic N) is 1. The maximum atomic E-state index is 12.8. The molecule has 27 heavy (non-hydrogen) atoms. The average molecular weight is 393 g/mol. The number of para-hydroxylation sites is 1. The normalized spacial score (nSPS) is 15.6. The molecule has 3 aromatic rings. The number of rotatable bonds is 4. The lowest BCUT2D eigenvalue weighted by molar-refractivity contribution is -0.113. The van der Waals surface area contributed by atoms with Crippen LogP contribution in [-0.4, -0.2) is 10.2 Å². The first-order chi connectivity index (χ1) is 13.1. The third-order valence-corrected chi connectivity index (χ3v) is 5.20. The van der Waals surface area contributed by atoms with E-state index in [-0.39, 0.29) is 5.91 Å². The lowest BCUT2D eigenvalue weighted by Gasteiger charge is -2.15. The minimum absolute atomic E-state index is 0.157. The average Bonchev–Trinajstić information content (AvgIpc) is 3.20. The highest BCUT2D eigenvalue weighted by Gasteiger charge is 2.33. The number of benzene rings is 2. The van der Waals surface area contributed by atoms with Crippen LogP contribution >= 0.6 is 24.0 Å². The minimum atomic E-state index is -0.157. The quantitative estimate of drug-likeness (QED) is 0.415. The Kier molecular flexibility index (Phi) is 4.83. The van der Waals surface area contributed by atoms with Crippen molar-refractivity contribution >= 4 is 46.0 Å². The molecule has 1 amide bonds. The van der Waals surface area contributed by atoms with E-state index in [1.165, 1.54) is 16.7 Å². The van der Waals surface area contributed by atoms with Gasteiger partial charge in [-0.05, 0) is 55.5 Å². The number of carbonyl (C=O) groups is 1. The number of amides is 1. The van der Waals surface area contributed by atoms with Gasteiger partial charge >= 0.3 is 0 Å². The summed E-state index contributed by atoms with van der Waals surface area (Å²) in [5.41, 5.74) is 0.705. The molecule has 0 saturated carbocycles. The van der Waals surface area contributed by atoms with Crippen LogP contribution in [0.2, 0.25) is 0 Å². The number of ether oxygens (including phenoxy) is 1. The fraction of sp³-hybridized carbons (Fsp3) is 0.0476. The monoisotopic (exact) mass is 393 g/mol. The van der Waals surface area contributed by atoms with Crippen molar-refractivity contribution in [3.63, 3.8) is 0 Å². The third-order valence-electron chi connectivity index (χ3n) is 3.90. The Hall–Kier alpha value is -2.83. The Morgan fingerprint density at radius 1 is 1.00 bits per heavy atom. The van der Waals surface area contributed by atoms with Crippen molar-refractivity contribution in [1.82, 2.24) is 0 Å². The summed E-state index contributed by atoms with van der Waals surface area (Å²) >= 11 is 6.67. The molecule has 0 N–H and O–H groups in total. The molecule has 0 bridgehead atoms. The predicted octanol–water partition coefficient (Wildman–Crippen LogP) is 5.79. The molecule has 1 aliphatic heterocycles. The van der Waals surface area contributed by atoms with Crippen molar-refractivity contribution in [3.8, 4) is 11.5 Å². The minimum Gasteiger partial charge on any atom is -0.462 e. The van der Waals surface area contributed by atoms with Crippen LogP contribution in [0, 0.1) is 6.92 Å². The zero-order valence-electron chi connectivity index (χ0n) is 14.4. The summed E-state index contributed by atoms with van der Waals surface area (Å²) in [6.07, 6.45) is 1.72. The SMILES string of the molecule is Cc1ccc(C=C2SC(=S)N(c3ccc(Oc4ccccc4)cc3)C2=O)o1. The van der Waals surface area contributed by atoms with Crippen LogP contribution < -0.4 is 9.64 Å². The zero-order valence-corrected chi connectivity index (χ0v) is 16.0. The summed E-state index contributed by atoms with van der Waals surface area (Å²) in [7, 11) is 0. The van der Waals surface area contributed by atoms with Crippen LogP contribution in [0.15, 0.2) is 76.1 Å². The molecule has 0 aliphatic carbocycles. The molecule has 1 aliphatic rings. The molecule has 4 rings (SSSR count). The molecule has 2 heterocycles. The van der Waals surface area contributed by atoms with E-state index >= 15 is 0 Å². The van der Waals surface area contributed by atoms with Gasteiger partial charge in [0.25, 0.3) is 5.91 Å². The molecule has 0 unspecified atom stereocenters. The topological polar surface area (TPSA) is 42.7 Å². The second-order valence-electron chi connectivity index (χ2n) is 5.87. The first kappa shape index (κ1) is 17.6. The summed E-state index contributed by atoms with van der Waals surface area (Å²) in [5, 5.41) is 0. The lowest BCUT2D eigenvalue weighted by atomic mass is 10.2. The highest BCUT2D eigenvalue weighted by Crippen LogP contribution is 2.37. The van der Waals surface area contributed by atoms with Crippen molar-refractivity contribution in [1.29, 1.82) is 0 Å². The predicted molar refractivity (Wildman–Crippen MR) is 112 cm³/mol. The molecule has 0 atom stereocenters. The van der Waals surface area contributed by atoms with E-state index in [0.717, 1.165) is 11.5 Å². The summed E-state index contributed by atoms with van der Waals surface area (Å²) in [6.45, 7) is 1.86. The highest BCUT2D eigenvalue weighted by molar-refractivity contribution is 8.27. The van der Waals surface area contributed by atoms with Gasteiger partial charge in [0.05, 0.1) is 10.6 Å². The van der Waals surface area contributed by atoms with Gasteiger partial charge in [-0.2, -0.15) is 0 Å². The van der Waals surface area contributed by atoms with Gasteiger partial charge in [-0.25, -0.2) is 0 Å². The van der Waals surface area contributed by atoms with Gasteiger partial charge in [-0.3, -0.25) is 9.69 Å². The molecule has 1 aromatic heterocycles. The molecule has 6 heteroatoms. The Balaban J connectivity index is 1.53. The van der Waals surface area contributed by atoms with Gasteiger partial charge in [0.15, 0.2) is 4.32 Å². The van der Waals surface area contributed by atoms with E-state index in [1.807, 2.05) is 73.7 Å². The van der Waals surface area contributed by atoms with Crippen molar-refractivity contribution in [2.24, 2.45) is 0 Å². The number of hydrogen-bond acceptors (Lipinski definition) is 5. The highest BCUT2D eigenvalue weighted by atomic mass is 32.2. The van der Waals surface area contributed by atoms with Crippen molar-refractivity contribution in [2.45, 2.75) is 6.92 Å². The van der Waals surface area contributed by atoms with E-state index in [4.69, 9.17) is 21.4 Å². The van der Waals surface area contributed by atoms with Gasteiger partial charge in [-0.15, -0.1) is 0 Å². The third kappa shape index (κ3) is 3.82. The molecule has 0 radical (unpaired) electrons. The van der Waals surface area contributed by atoms with Crippen molar-refractivity contribution in [2.75, 3.05) is 4.90 Å². The molecule has 0 spiro atoms. The van der Waals surface area contributed by atoms with Gasteiger partial charge in [0, 0.05) is 6.08 Å². The number of thioether (sulfide) groups is 1. The van der Waals surface area contributed by atoms with E-state index < -0.39 is 0 Å². The van der Waals surface area contributed by atoms with Crippen LogP contribution in [-0.2, 0) is 4.79 Å². The largest absolute Gasteiger partial charge is 0.462 e. The summed E-state index contributed by atoms with van der Waals surface area (Å²) in [4.78, 5) is 14.8. The van der Waals surface area contributed by atoms with Crippen LogP contribution in [0.1, 0.15) is 11.5 Å². The van der Waals surface area contributed by atoms with Gasteiger partial charge in [-0.1, -0.05) is 42.2 Å². The summed E-state index contributed by atoms with van der Waals surface area (Å²) in [5.74, 6) is 2.73. The van der Waals surface area contributed by atoms with Crippen LogP contribution in [0.25, 0.3) is 6.08 Å². The van der Waals surface area contributed by atoms with E-state index in [9.17, 15) is 4.79 Å². The number of aryl methyl sites for hydroxylation is 1. The number of hydrogen-bond donors (Lipinski definition) is 0. The Morgan fingerprint density at radius 2 is 1.70 bits per heavy atom.